The number of cyclic esters (lactones) is 1. The van der Waals surface area contributed by atoms with E-state index in [9.17, 15) is 15.0 Å². The Hall–Kier alpha value is -0.870. The molecule has 0 amide bonds. The van der Waals surface area contributed by atoms with E-state index >= 15 is 0 Å². The van der Waals surface area contributed by atoms with Gasteiger partial charge in [-0.25, -0.2) is 4.79 Å². The number of fused-ring (bicyclic) bond motifs is 5. The Morgan fingerprint density at radius 3 is 2.59 bits per heavy atom. The van der Waals surface area contributed by atoms with Crippen LogP contribution >= 0.6 is 0 Å². The number of carbonyl (C=O) groups excluding carboxylic acids is 1. The Morgan fingerprint density at radius 2 is 1.85 bits per heavy atom. The first kappa shape index (κ1) is 18.2. The first-order valence-corrected chi connectivity index (χ1v) is 11.1. The normalized spacial score (nSPS) is 54.6. The summed E-state index contributed by atoms with van der Waals surface area (Å²) in [5.74, 6) is 1.59. The molecule has 5 aliphatic rings. The summed E-state index contributed by atoms with van der Waals surface area (Å²) in [5.41, 5.74) is 0.600. The number of hydrogen-bond acceptors (Lipinski definition) is 4. The molecule has 0 spiro atoms. The third kappa shape index (κ3) is 2.32. The SMILES string of the molecule is C[C@]12CC[C@H](O)C[C@@H]1CC[C@@H]1C2CC[C@]2(C)[C@@H](C3=CC(=O)OC3)CC[C@]12O. The van der Waals surface area contributed by atoms with Gasteiger partial charge in [0.2, 0.25) is 0 Å². The van der Waals surface area contributed by atoms with Crippen molar-refractivity contribution < 1.29 is 19.7 Å². The van der Waals surface area contributed by atoms with Crippen LogP contribution in [0.4, 0.5) is 0 Å². The van der Waals surface area contributed by atoms with Gasteiger partial charge < -0.3 is 14.9 Å². The highest BCUT2D eigenvalue weighted by molar-refractivity contribution is 5.85. The van der Waals surface area contributed by atoms with Gasteiger partial charge in [0.05, 0.1) is 11.7 Å². The minimum absolute atomic E-state index is 0.126. The fourth-order valence-corrected chi connectivity index (χ4v) is 8.39. The number of ether oxygens (including phenoxy) is 1. The van der Waals surface area contributed by atoms with Gasteiger partial charge in [-0.2, -0.15) is 0 Å². The molecule has 4 fully saturated rings. The van der Waals surface area contributed by atoms with Crippen molar-refractivity contribution in [2.45, 2.75) is 83.3 Å². The predicted molar refractivity (Wildman–Crippen MR) is 102 cm³/mol. The molecule has 1 aliphatic heterocycles. The summed E-state index contributed by atoms with van der Waals surface area (Å²) < 4.78 is 5.20. The van der Waals surface area contributed by atoms with Gasteiger partial charge in [-0.05, 0) is 92.4 Å². The molecule has 0 radical (unpaired) electrons. The maximum Gasteiger partial charge on any atom is 0.331 e. The number of rotatable bonds is 1. The summed E-state index contributed by atoms with van der Waals surface area (Å²) in [6, 6.07) is 0. The van der Waals surface area contributed by atoms with Crippen LogP contribution in [-0.4, -0.2) is 34.5 Å². The minimum Gasteiger partial charge on any atom is -0.458 e. The lowest BCUT2D eigenvalue weighted by Crippen LogP contribution is -2.62. The van der Waals surface area contributed by atoms with Gasteiger partial charge in [-0.3, -0.25) is 0 Å². The summed E-state index contributed by atoms with van der Waals surface area (Å²) in [6.45, 7) is 5.15. The molecule has 0 aromatic rings. The molecule has 0 saturated heterocycles. The lowest BCUT2D eigenvalue weighted by Gasteiger charge is -2.63. The van der Waals surface area contributed by atoms with Gasteiger partial charge in [0.15, 0.2) is 0 Å². The molecule has 4 nitrogen and oxygen atoms in total. The molecule has 0 aromatic heterocycles. The quantitative estimate of drug-likeness (QED) is 0.688. The van der Waals surface area contributed by atoms with Crippen molar-refractivity contribution in [2.75, 3.05) is 6.61 Å². The third-order valence-corrected chi connectivity index (χ3v) is 9.96. The van der Waals surface area contributed by atoms with E-state index in [1.165, 1.54) is 6.42 Å². The number of hydrogen-bond donors (Lipinski definition) is 2. The second kappa shape index (κ2) is 5.82. The van der Waals surface area contributed by atoms with Crippen molar-refractivity contribution in [2.24, 2.45) is 34.5 Å². The molecule has 5 rings (SSSR count). The number of esters is 1. The second-order valence-corrected chi connectivity index (χ2v) is 10.7. The Kier molecular flexibility index (Phi) is 3.92. The fourth-order valence-electron chi connectivity index (χ4n) is 8.39. The highest BCUT2D eigenvalue weighted by Gasteiger charge is 2.67. The van der Waals surface area contributed by atoms with E-state index in [4.69, 9.17) is 4.74 Å². The van der Waals surface area contributed by atoms with E-state index in [2.05, 4.69) is 13.8 Å². The first-order valence-electron chi connectivity index (χ1n) is 11.1. The molecule has 1 heterocycles. The molecular weight excluding hydrogens is 340 g/mol. The van der Waals surface area contributed by atoms with Gasteiger partial charge in [-0.1, -0.05) is 13.8 Å². The molecule has 150 valence electrons. The van der Waals surface area contributed by atoms with Crippen LogP contribution in [0.2, 0.25) is 0 Å². The van der Waals surface area contributed by atoms with Crippen LogP contribution in [0.5, 0.6) is 0 Å². The Labute approximate surface area is 162 Å². The van der Waals surface area contributed by atoms with E-state index in [1.54, 1.807) is 6.08 Å². The molecule has 0 bridgehead atoms. The Bertz CT molecular complexity index is 686. The van der Waals surface area contributed by atoms with Crippen LogP contribution in [0, 0.1) is 34.5 Å². The standard InChI is InChI=1S/C23H34O4/c1-21-8-5-16(24)12-15(21)3-4-19-18(21)6-9-22(2)17(7-10-23(19,22)26)14-11-20(25)27-13-14/h11,15-19,24,26H,3-10,12-13H2,1-2H3/t15-,16-,17+,18?,19+,21-,22+,23-/m0/s1. The zero-order valence-electron chi connectivity index (χ0n) is 16.7. The summed E-state index contributed by atoms with van der Waals surface area (Å²) in [7, 11) is 0. The lowest BCUT2D eigenvalue weighted by molar-refractivity contribution is -0.208. The van der Waals surface area contributed by atoms with E-state index < -0.39 is 5.60 Å². The van der Waals surface area contributed by atoms with Crippen LogP contribution in [0.25, 0.3) is 0 Å². The van der Waals surface area contributed by atoms with Gasteiger partial charge in [0.25, 0.3) is 0 Å². The van der Waals surface area contributed by atoms with Crippen molar-refractivity contribution in [3.63, 3.8) is 0 Å². The van der Waals surface area contributed by atoms with E-state index in [0.717, 1.165) is 56.9 Å². The lowest BCUT2D eigenvalue weighted by atomic mass is 9.43. The summed E-state index contributed by atoms with van der Waals surface area (Å²) in [5, 5.41) is 22.3. The summed E-state index contributed by atoms with van der Waals surface area (Å²) in [6.07, 6.45) is 10.8. The Morgan fingerprint density at radius 1 is 1.04 bits per heavy atom. The van der Waals surface area contributed by atoms with Crippen molar-refractivity contribution in [1.29, 1.82) is 0 Å². The second-order valence-electron chi connectivity index (χ2n) is 10.7. The van der Waals surface area contributed by atoms with Gasteiger partial charge >= 0.3 is 5.97 Å². The molecule has 2 N–H and O–H groups in total. The monoisotopic (exact) mass is 374 g/mol. The van der Waals surface area contributed by atoms with Gasteiger partial charge in [0, 0.05) is 11.5 Å². The van der Waals surface area contributed by atoms with Gasteiger partial charge in [-0.15, -0.1) is 0 Å². The smallest absolute Gasteiger partial charge is 0.331 e. The topological polar surface area (TPSA) is 66.8 Å². The van der Waals surface area contributed by atoms with Crippen molar-refractivity contribution in [1.82, 2.24) is 0 Å². The van der Waals surface area contributed by atoms with Gasteiger partial charge in [0.1, 0.15) is 6.61 Å². The molecule has 4 aliphatic carbocycles. The average molecular weight is 375 g/mol. The van der Waals surface area contributed by atoms with E-state index in [1.807, 2.05) is 0 Å². The average Bonchev–Trinajstić information content (AvgIpc) is 3.16. The maximum absolute atomic E-state index is 12.1. The molecule has 0 aromatic carbocycles. The number of carbonyl (C=O) groups is 1. The van der Waals surface area contributed by atoms with Crippen LogP contribution < -0.4 is 0 Å². The maximum atomic E-state index is 12.1. The van der Waals surface area contributed by atoms with E-state index in [0.29, 0.717) is 24.4 Å². The van der Waals surface area contributed by atoms with Crippen molar-refractivity contribution in [3.05, 3.63) is 11.6 Å². The third-order valence-electron chi connectivity index (χ3n) is 9.96. The molecule has 1 unspecified atom stereocenters. The zero-order chi connectivity index (χ0) is 19.0. The molecular formula is C23H34O4. The van der Waals surface area contributed by atoms with Crippen LogP contribution in [0.1, 0.15) is 71.6 Å². The summed E-state index contributed by atoms with van der Waals surface area (Å²) in [4.78, 5) is 11.6. The molecule has 4 saturated carbocycles. The predicted octanol–water partition coefficient (Wildman–Crippen LogP) is 3.60. The molecule has 8 atom stereocenters. The molecule has 4 heteroatoms. The van der Waals surface area contributed by atoms with Crippen molar-refractivity contribution in [3.8, 4) is 0 Å². The number of aliphatic hydroxyl groups is 2. The van der Waals surface area contributed by atoms with E-state index in [-0.39, 0.29) is 28.8 Å². The zero-order valence-corrected chi connectivity index (χ0v) is 16.7. The van der Waals surface area contributed by atoms with Crippen LogP contribution in [0.3, 0.4) is 0 Å². The fraction of sp³-hybridized carbons (Fsp3) is 0.870. The van der Waals surface area contributed by atoms with Crippen molar-refractivity contribution >= 4 is 5.97 Å². The minimum atomic E-state index is -0.628. The largest absolute Gasteiger partial charge is 0.458 e. The summed E-state index contributed by atoms with van der Waals surface area (Å²) >= 11 is 0. The number of aliphatic hydroxyl groups excluding tert-OH is 1. The highest BCUT2D eigenvalue weighted by Crippen LogP contribution is 2.69. The highest BCUT2D eigenvalue weighted by atomic mass is 16.5. The Balaban J connectivity index is 1.47. The van der Waals surface area contributed by atoms with Crippen LogP contribution in [0.15, 0.2) is 11.6 Å². The molecule has 27 heavy (non-hydrogen) atoms. The first-order chi connectivity index (χ1) is 12.8. The van der Waals surface area contributed by atoms with Crippen LogP contribution in [-0.2, 0) is 9.53 Å².